The fourth-order valence-corrected chi connectivity index (χ4v) is 2.88. The van der Waals surface area contributed by atoms with Gasteiger partial charge in [-0.2, -0.15) is 4.31 Å². The van der Waals surface area contributed by atoms with Gasteiger partial charge in [-0.3, -0.25) is 0 Å². The average Bonchev–Trinajstić information content (AvgIpc) is 2.19. The molecule has 1 aromatic carbocycles. The lowest BCUT2D eigenvalue weighted by Crippen LogP contribution is -3.00. The third-order valence-corrected chi connectivity index (χ3v) is 4.43. The lowest BCUT2D eigenvalue weighted by Gasteiger charge is -2.18. The van der Waals surface area contributed by atoms with Crippen LogP contribution < -0.4 is 24.0 Å². The number of nitrogens with zero attached hydrogens (tertiary/aromatic N) is 1. The van der Waals surface area contributed by atoms with E-state index in [1.165, 1.54) is 4.31 Å². The van der Waals surface area contributed by atoms with E-state index in [0.29, 0.717) is 18.0 Å². The van der Waals surface area contributed by atoms with E-state index >= 15 is 0 Å². The van der Waals surface area contributed by atoms with Gasteiger partial charge in [0, 0.05) is 13.1 Å². The molecule has 0 heterocycles. The number of hydrogen-bond donors (Lipinski definition) is 0. The normalized spacial score (nSPS) is 11.2. The van der Waals surface area contributed by atoms with Gasteiger partial charge in [-0.15, -0.1) is 0 Å². The second kappa shape index (κ2) is 6.56. The highest BCUT2D eigenvalue weighted by Gasteiger charge is 2.20. The van der Waals surface area contributed by atoms with Gasteiger partial charge in [-0.1, -0.05) is 31.5 Å². The van der Waals surface area contributed by atoms with E-state index < -0.39 is 10.0 Å². The van der Waals surface area contributed by atoms with Crippen molar-refractivity contribution in [2.24, 2.45) is 0 Å². The van der Waals surface area contributed by atoms with Gasteiger partial charge in [0.1, 0.15) is 0 Å². The van der Waals surface area contributed by atoms with Crippen molar-refractivity contribution in [3.63, 3.8) is 0 Å². The van der Waals surface area contributed by atoms with Crippen molar-refractivity contribution >= 4 is 10.0 Å². The summed E-state index contributed by atoms with van der Waals surface area (Å²) in [4.78, 5) is 0.372. The van der Waals surface area contributed by atoms with Gasteiger partial charge in [0.15, 0.2) is 0 Å². The predicted octanol–water partition coefficient (Wildman–Crippen LogP) is -0.970. The number of rotatable bonds is 4. The lowest BCUT2D eigenvalue weighted by atomic mass is 10.2. The van der Waals surface area contributed by atoms with Gasteiger partial charge in [-0.25, -0.2) is 8.42 Å². The molecule has 0 saturated carbocycles. The summed E-state index contributed by atoms with van der Waals surface area (Å²) in [5.74, 6) is 0. The molecular formula is C11H17INO2S-. The molecule has 0 spiro atoms. The average molecular weight is 354 g/mol. The Morgan fingerprint density at radius 2 is 1.50 bits per heavy atom. The van der Waals surface area contributed by atoms with Crippen LogP contribution in [-0.2, 0) is 10.0 Å². The number of hydrogen-bond acceptors (Lipinski definition) is 2. The van der Waals surface area contributed by atoms with E-state index in [9.17, 15) is 8.42 Å². The summed E-state index contributed by atoms with van der Waals surface area (Å²) >= 11 is 0. The van der Waals surface area contributed by atoms with Crippen molar-refractivity contribution in [3.8, 4) is 0 Å². The summed E-state index contributed by atoms with van der Waals surface area (Å²) in [5.41, 5.74) is 1.06. The molecule has 0 radical (unpaired) electrons. The maximum absolute atomic E-state index is 12.0. The molecule has 0 saturated heterocycles. The van der Waals surface area contributed by atoms with Gasteiger partial charge in [-0.05, 0) is 19.1 Å². The second-order valence-corrected chi connectivity index (χ2v) is 5.34. The molecule has 0 aromatic heterocycles. The highest BCUT2D eigenvalue weighted by atomic mass is 127. The molecule has 0 aliphatic carbocycles. The van der Waals surface area contributed by atoms with Crippen molar-refractivity contribution < 1.29 is 32.4 Å². The summed E-state index contributed by atoms with van der Waals surface area (Å²) in [7, 11) is -3.28. The Balaban J connectivity index is 0.00000225. The van der Waals surface area contributed by atoms with Gasteiger partial charge in [0.05, 0.1) is 4.90 Å². The molecule has 5 heteroatoms. The smallest absolute Gasteiger partial charge is 0.243 e. The first kappa shape index (κ1) is 15.9. The van der Waals surface area contributed by atoms with E-state index in [4.69, 9.17) is 0 Å². The number of aryl methyl sites for hydroxylation is 1. The van der Waals surface area contributed by atoms with E-state index in [2.05, 4.69) is 0 Å². The molecule has 1 aromatic rings. The fraction of sp³-hybridized carbons (Fsp3) is 0.455. The minimum absolute atomic E-state index is 0. The first-order valence-corrected chi connectivity index (χ1v) is 6.53. The molecule has 92 valence electrons. The molecule has 0 amide bonds. The summed E-state index contributed by atoms with van der Waals surface area (Å²) < 4.78 is 25.5. The van der Waals surface area contributed by atoms with Crippen LogP contribution in [0.4, 0.5) is 0 Å². The zero-order chi connectivity index (χ0) is 11.5. The molecule has 16 heavy (non-hydrogen) atoms. The molecule has 0 aliphatic heterocycles. The standard InChI is InChI=1S/C11H17NO2S.HI/c1-4-12(5-2)15(13,14)11-8-6-10(3)7-9-11;/h6-9H,4-5H2,1-3H3;1H/p-1. The first-order chi connectivity index (χ1) is 7.02. The molecule has 0 atom stereocenters. The quantitative estimate of drug-likeness (QED) is 0.653. The Kier molecular flexibility index (Phi) is 6.50. The minimum atomic E-state index is -3.28. The summed E-state index contributed by atoms with van der Waals surface area (Å²) in [6.45, 7) is 6.64. The molecule has 0 bridgehead atoms. The van der Waals surface area contributed by atoms with Gasteiger partial charge >= 0.3 is 0 Å². The fourth-order valence-electron chi connectivity index (χ4n) is 1.42. The Labute approximate surface area is 115 Å². The van der Waals surface area contributed by atoms with Crippen molar-refractivity contribution in [3.05, 3.63) is 29.8 Å². The zero-order valence-corrected chi connectivity index (χ0v) is 12.7. The van der Waals surface area contributed by atoms with Gasteiger partial charge in [0.25, 0.3) is 0 Å². The van der Waals surface area contributed by atoms with Crippen LogP contribution in [0.15, 0.2) is 29.2 Å². The third-order valence-electron chi connectivity index (χ3n) is 2.36. The highest BCUT2D eigenvalue weighted by molar-refractivity contribution is 7.89. The molecule has 1 rings (SSSR count). The van der Waals surface area contributed by atoms with Crippen LogP contribution in [0.25, 0.3) is 0 Å². The van der Waals surface area contributed by atoms with E-state index in [1.54, 1.807) is 12.1 Å². The number of halogens is 1. The molecule has 0 unspecified atom stereocenters. The molecule has 0 aliphatic rings. The monoisotopic (exact) mass is 354 g/mol. The van der Waals surface area contributed by atoms with Crippen molar-refractivity contribution in [2.45, 2.75) is 25.7 Å². The van der Waals surface area contributed by atoms with Gasteiger partial charge in [0.2, 0.25) is 10.0 Å². The lowest BCUT2D eigenvalue weighted by molar-refractivity contribution is -0.00000597. The van der Waals surface area contributed by atoms with Crippen LogP contribution >= 0.6 is 0 Å². The topological polar surface area (TPSA) is 37.4 Å². The Morgan fingerprint density at radius 3 is 1.88 bits per heavy atom. The maximum atomic E-state index is 12.0. The van der Waals surface area contributed by atoms with Crippen LogP contribution in [0, 0.1) is 6.92 Å². The Bertz CT molecular complexity index is 410. The molecule has 0 N–H and O–H groups in total. The molecular weight excluding hydrogens is 337 g/mol. The van der Waals surface area contributed by atoms with Crippen molar-refractivity contribution in [1.29, 1.82) is 0 Å². The minimum Gasteiger partial charge on any atom is -1.00 e. The van der Waals surface area contributed by atoms with E-state index in [-0.39, 0.29) is 24.0 Å². The van der Waals surface area contributed by atoms with Crippen molar-refractivity contribution in [1.82, 2.24) is 4.31 Å². The first-order valence-electron chi connectivity index (χ1n) is 5.09. The predicted molar refractivity (Wildman–Crippen MR) is 61.3 cm³/mol. The Morgan fingerprint density at radius 1 is 1.06 bits per heavy atom. The summed E-state index contributed by atoms with van der Waals surface area (Å²) in [5, 5.41) is 0. The van der Waals surface area contributed by atoms with Crippen LogP contribution in [0.1, 0.15) is 19.4 Å². The van der Waals surface area contributed by atoms with Crippen molar-refractivity contribution in [2.75, 3.05) is 13.1 Å². The summed E-state index contributed by atoms with van der Waals surface area (Å²) in [6.07, 6.45) is 0. The maximum Gasteiger partial charge on any atom is 0.243 e. The molecule has 3 nitrogen and oxygen atoms in total. The third kappa shape index (κ3) is 3.43. The summed E-state index contributed by atoms with van der Waals surface area (Å²) in [6, 6.07) is 6.94. The van der Waals surface area contributed by atoms with Crippen LogP contribution in [-0.4, -0.2) is 25.8 Å². The highest BCUT2D eigenvalue weighted by Crippen LogP contribution is 2.15. The Hall–Kier alpha value is -0.140. The van der Waals surface area contributed by atoms with Crippen LogP contribution in [0.5, 0.6) is 0 Å². The van der Waals surface area contributed by atoms with E-state index in [0.717, 1.165) is 5.56 Å². The van der Waals surface area contributed by atoms with E-state index in [1.807, 2.05) is 32.9 Å². The number of sulfonamides is 1. The van der Waals surface area contributed by atoms with Gasteiger partial charge < -0.3 is 24.0 Å². The molecule has 0 fully saturated rings. The van der Waals surface area contributed by atoms with Crippen LogP contribution in [0.3, 0.4) is 0 Å². The number of benzene rings is 1. The SMILES string of the molecule is CCN(CC)S(=O)(=O)c1ccc(C)cc1.[I-]. The van der Waals surface area contributed by atoms with Crippen LogP contribution in [0.2, 0.25) is 0 Å². The zero-order valence-electron chi connectivity index (χ0n) is 9.77. The largest absolute Gasteiger partial charge is 1.00 e. The second-order valence-electron chi connectivity index (χ2n) is 3.40.